The molecule has 3 atom stereocenters. The highest BCUT2D eigenvalue weighted by molar-refractivity contribution is 5.85. The number of cyclic esters (lactones) is 1. The van der Waals surface area contributed by atoms with Crippen molar-refractivity contribution in [2.45, 2.75) is 71.7 Å². The first-order chi connectivity index (χ1) is 13.7. The predicted molar refractivity (Wildman–Crippen MR) is 112 cm³/mol. The topological polar surface area (TPSA) is 93.1 Å². The van der Waals surface area contributed by atoms with Gasteiger partial charge in [0, 0.05) is 18.1 Å². The Morgan fingerprint density at radius 2 is 2.07 bits per heavy atom. The van der Waals surface area contributed by atoms with Gasteiger partial charge in [-0.2, -0.15) is 0 Å². The van der Waals surface area contributed by atoms with Gasteiger partial charge in [0.05, 0.1) is 7.11 Å². The van der Waals surface area contributed by atoms with E-state index in [9.17, 15) is 19.8 Å². The Morgan fingerprint density at radius 3 is 2.69 bits per heavy atom. The molecule has 0 aromatic rings. The van der Waals surface area contributed by atoms with E-state index in [1.807, 2.05) is 6.92 Å². The van der Waals surface area contributed by atoms with E-state index >= 15 is 0 Å². The minimum Gasteiger partial charge on any atom is -0.467 e. The first kappa shape index (κ1) is 24.9. The standard InChI is InChI=1S/C23H34O6/c1-16(10-6-12-18(3)14-20(24)23(27)28-4)8-5-9-17(2)11-7-13-19-15-21(25)29-22(19)26/h5,8-9,12,15-16,20,22,24,26H,6-7,10-11,13-14H2,1-4H3/b8-5+,17-9+,18-12-. The number of esters is 2. The smallest absolute Gasteiger partial charge is 0.335 e. The minimum absolute atomic E-state index is 0.299. The molecule has 6 heteroatoms. The number of rotatable bonds is 12. The molecule has 0 saturated carbocycles. The van der Waals surface area contributed by atoms with Crippen molar-refractivity contribution >= 4 is 11.9 Å². The summed E-state index contributed by atoms with van der Waals surface area (Å²) in [4.78, 5) is 22.3. The van der Waals surface area contributed by atoms with Crippen LogP contribution < -0.4 is 0 Å². The van der Waals surface area contributed by atoms with Crippen molar-refractivity contribution in [1.29, 1.82) is 0 Å². The van der Waals surface area contributed by atoms with E-state index in [-0.39, 0.29) is 0 Å². The summed E-state index contributed by atoms with van der Waals surface area (Å²) in [6.45, 7) is 6.12. The minimum atomic E-state index is -1.09. The number of ether oxygens (including phenoxy) is 2. The average molecular weight is 407 g/mol. The average Bonchev–Trinajstić information content (AvgIpc) is 2.98. The molecule has 1 heterocycles. The van der Waals surface area contributed by atoms with Gasteiger partial charge in [0.25, 0.3) is 0 Å². The normalized spacial score (nSPS) is 19.9. The molecule has 0 aliphatic carbocycles. The van der Waals surface area contributed by atoms with E-state index in [4.69, 9.17) is 0 Å². The van der Waals surface area contributed by atoms with Gasteiger partial charge in [0.1, 0.15) is 0 Å². The third-order valence-electron chi connectivity index (χ3n) is 4.81. The highest BCUT2D eigenvalue weighted by Crippen LogP contribution is 2.20. The number of aliphatic hydroxyl groups excluding tert-OH is 2. The lowest BCUT2D eigenvalue weighted by molar-refractivity contribution is -0.151. The summed E-state index contributed by atoms with van der Waals surface area (Å²) in [5.74, 6) is -0.661. The number of allylic oxidation sites excluding steroid dienone is 5. The Labute approximate surface area is 173 Å². The Kier molecular flexibility index (Phi) is 11.2. The van der Waals surface area contributed by atoms with Crippen molar-refractivity contribution in [3.05, 3.63) is 47.1 Å². The van der Waals surface area contributed by atoms with E-state index in [2.05, 4.69) is 47.6 Å². The van der Waals surface area contributed by atoms with E-state index in [1.54, 1.807) is 0 Å². The highest BCUT2D eigenvalue weighted by atomic mass is 16.6. The van der Waals surface area contributed by atoms with Crippen LogP contribution in [-0.2, 0) is 19.1 Å². The maximum atomic E-state index is 11.2. The second-order valence-electron chi connectivity index (χ2n) is 7.61. The summed E-state index contributed by atoms with van der Waals surface area (Å²) in [7, 11) is 1.27. The van der Waals surface area contributed by atoms with E-state index in [1.165, 1.54) is 18.8 Å². The number of aliphatic hydroxyl groups is 2. The summed E-state index contributed by atoms with van der Waals surface area (Å²) in [5, 5.41) is 19.2. The second kappa shape index (κ2) is 13.1. The molecule has 0 saturated heterocycles. The van der Waals surface area contributed by atoms with Crippen LogP contribution in [0.3, 0.4) is 0 Å². The first-order valence-corrected chi connectivity index (χ1v) is 10.1. The molecule has 0 fully saturated rings. The van der Waals surface area contributed by atoms with Crippen LogP contribution in [0, 0.1) is 5.92 Å². The number of hydrogen-bond acceptors (Lipinski definition) is 6. The Hall–Kier alpha value is -2.18. The van der Waals surface area contributed by atoms with Crippen LogP contribution in [0.4, 0.5) is 0 Å². The lowest BCUT2D eigenvalue weighted by Crippen LogP contribution is -2.21. The molecule has 1 aliphatic rings. The van der Waals surface area contributed by atoms with Gasteiger partial charge < -0.3 is 19.7 Å². The van der Waals surface area contributed by atoms with Gasteiger partial charge >= 0.3 is 11.9 Å². The molecule has 1 aliphatic heterocycles. The molecule has 0 amide bonds. The van der Waals surface area contributed by atoms with E-state index < -0.39 is 24.3 Å². The quantitative estimate of drug-likeness (QED) is 0.291. The number of methoxy groups -OCH3 is 1. The van der Waals surface area contributed by atoms with Crippen LogP contribution in [0.15, 0.2) is 47.1 Å². The van der Waals surface area contributed by atoms with Crippen LogP contribution >= 0.6 is 0 Å². The molecule has 0 aromatic carbocycles. The molecular formula is C23H34O6. The van der Waals surface area contributed by atoms with Gasteiger partial charge in [-0.25, -0.2) is 9.59 Å². The zero-order chi connectivity index (χ0) is 21.8. The van der Waals surface area contributed by atoms with Gasteiger partial charge in [-0.15, -0.1) is 0 Å². The molecule has 162 valence electrons. The summed E-state index contributed by atoms with van der Waals surface area (Å²) in [6, 6.07) is 0. The zero-order valence-corrected chi connectivity index (χ0v) is 17.9. The van der Waals surface area contributed by atoms with Gasteiger partial charge in [0.15, 0.2) is 6.10 Å². The third kappa shape index (κ3) is 10.2. The molecule has 2 N–H and O–H groups in total. The van der Waals surface area contributed by atoms with Gasteiger partial charge in [0.2, 0.25) is 6.29 Å². The fourth-order valence-corrected chi connectivity index (χ4v) is 3.00. The Bertz CT molecular complexity index is 671. The van der Waals surface area contributed by atoms with Gasteiger partial charge in [-0.3, -0.25) is 0 Å². The van der Waals surface area contributed by atoms with E-state index in [0.29, 0.717) is 24.3 Å². The molecule has 3 unspecified atom stereocenters. The molecule has 29 heavy (non-hydrogen) atoms. The molecule has 0 aromatic heterocycles. The summed E-state index contributed by atoms with van der Waals surface area (Å²) in [5.41, 5.74) is 2.86. The lowest BCUT2D eigenvalue weighted by Gasteiger charge is -2.09. The SMILES string of the molecule is COC(=O)C(O)C/C(C)=C\CCC(C)/C=C/C=C(\C)CCCC1=CC(=O)OC1O. The van der Waals surface area contributed by atoms with Crippen LogP contribution in [-0.4, -0.2) is 41.7 Å². The van der Waals surface area contributed by atoms with Crippen molar-refractivity contribution < 1.29 is 29.3 Å². The Morgan fingerprint density at radius 1 is 1.34 bits per heavy atom. The van der Waals surface area contributed by atoms with Gasteiger partial charge in [-0.1, -0.05) is 42.4 Å². The number of carbonyl (C=O) groups is 2. The molecule has 6 nitrogen and oxygen atoms in total. The third-order valence-corrected chi connectivity index (χ3v) is 4.81. The molecule has 1 rings (SSSR count). The fourth-order valence-electron chi connectivity index (χ4n) is 3.00. The van der Waals surface area contributed by atoms with E-state index in [0.717, 1.165) is 31.3 Å². The highest BCUT2D eigenvalue weighted by Gasteiger charge is 2.22. The molecule has 0 spiro atoms. The maximum absolute atomic E-state index is 11.2. The van der Waals surface area contributed by atoms with Gasteiger partial charge in [-0.05, 0) is 51.9 Å². The fraction of sp³-hybridized carbons (Fsp3) is 0.565. The summed E-state index contributed by atoms with van der Waals surface area (Å²) >= 11 is 0. The monoisotopic (exact) mass is 406 g/mol. The van der Waals surface area contributed by atoms with Crippen LogP contribution in [0.1, 0.15) is 59.3 Å². The zero-order valence-electron chi connectivity index (χ0n) is 17.9. The summed E-state index contributed by atoms with van der Waals surface area (Å²) in [6.07, 6.45) is 12.1. The number of hydrogen-bond donors (Lipinski definition) is 2. The van der Waals surface area contributed by atoms with Crippen LogP contribution in [0.25, 0.3) is 0 Å². The van der Waals surface area contributed by atoms with Crippen molar-refractivity contribution in [3.63, 3.8) is 0 Å². The van der Waals surface area contributed by atoms with Crippen molar-refractivity contribution in [1.82, 2.24) is 0 Å². The second-order valence-corrected chi connectivity index (χ2v) is 7.61. The van der Waals surface area contributed by atoms with Crippen molar-refractivity contribution in [3.8, 4) is 0 Å². The van der Waals surface area contributed by atoms with Crippen molar-refractivity contribution in [2.75, 3.05) is 7.11 Å². The van der Waals surface area contributed by atoms with Crippen molar-refractivity contribution in [2.24, 2.45) is 5.92 Å². The molecule has 0 bridgehead atoms. The maximum Gasteiger partial charge on any atom is 0.335 e. The predicted octanol–water partition coefficient (Wildman–Crippen LogP) is 3.75. The molecule has 0 radical (unpaired) electrons. The largest absolute Gasteiger partial charge is 0.467 e. The summed E-state index contributed by atoms with van der Waals surface area (Å²) < 4.78 is 9.18. The molecular weight excluding hydrogens is 372 g/mol. The number of carbonyl (C=O) groups excluding carboxylic acids is 2. The van der Waals surface area contributed by atoms with Crippen LogP contribution in [0.2, 0.25) is 0 Å². The first-order valence-electron chi connectivity index (χ1n) is 10.1. The lowest BCUT2D eigenvalue weighted by atomic mass is 10.0. The Balaban J connectivity index is 2.28. The van der Waals surface area contributed by atoms with Crippen LogP contribution in [0.5, 0.6) is 0 Å².